The standard InChI is InChI=1S/C30H30ClN3O2S/c31-23-13-11-21(12-14-23)15-17-34-28(35)26-19-27-25(16-18-37-27)33(26)20-30(34,22-7-3-1-4-8-22)29(36)32-24-9-5-2-6-10-24/h1,3-4,7-8,11-14,16,18-19,24H,2,5-6,9-10,15,17,20H2,(H,32,36)/t30-/m1/s1. The molecule has 37 heavy (non-hydrogen) atoms. The fourth-order valence-corrected chi connectivity index (χ4v) is 6.92. The van der Waals surface area contributed by atoms with E-state index in [1.807, 2.05) is 70.9 Å². The molecule has 2 aromatic carbocycles. The second-order valence-corrected chi connectivity index (χ2v) is 11.5. The summed E-state index contributed by atoms with van der Waals surface area (Å²) in [5.74, 6) is -0.191. The van der Waals surface area contributed by atoms with Crippen molar-refractivity contribution in [3.8, 4) is 0 Å². The van der Waals surface area contributed by atoms with Crippen molar-refractivity contribution in [3.05, 3.63) is 94.0 Å². The fourth-order valence-electron chi connectivity index (χ4n) is 5.97. The number of rotatable bonds is 6. The molecular weight excluding hydrogens is 502 g/mol. The number of carbonyl (C=O) groups is 2. The van der Waals surface area contributed by atoms with Gasteiger partial charge >= 0.3 is 0 Å². The zero-order valence-electron chi connectivity index (χ0n) is 20.7. The SMILES string of the molecule is O=C1c2cc3sccc3n2C[C@](C(=O)NC2CCCCC2)(c2ccccc2)N1CCc1ccc(Cl)cc1. The predicted octanol–water partition coefficient (Wildman–Crippen LogP) is 6.40. The molecule has 1 atom stereocenters. The molecule has 1 aliphatic carbocycles. The summed E-state index contributed by atoms with van der Waals surface area (Å²) in [5.41, 5.74) is 2.43. The van der Waals surface area contributed by atoms with E-state index in [0.29, 0.717) is 30.2 Å². The summed E-state index contributed by atoms with van der Waals surface area (Å²) in [4.78, 5) is 30.6. The van der Waals surface area contributed by atoms with Crippen LogP contribution in [0.4, 0.5) is 0 Å². The highest BCUT2D eigenvalue weighted by molar-refractivity contribution is 7.17. The van der Waals surface area contributed by atoms with Gasteiger partial charge in [0, 0.05) is 17.6 Å². The van der Waals surface area contributed by atoms with E-state index in [1.54, 1.807) is 11.3 Å². The van der Waals surface area contributed by atoms with E-state index in [2.05, 4.69) is 16.0 Å². The Balaban J connectivity index is 1.46. The summed E-state index contributed by atoms with van der Waals surface area (Å²) < 4.78 is 3.12. The van der Waals surface area contributed by atoms with Crippen molar-refractivity contribution in [2.75, 3.05) is 6.54 Å². The first-order valence-electron chi connectivity index (χ1n) is 13.1. The van der Waals surface area contributed by atoms with Crippen LogP contribution < -0.4 is 5.32 Å². The summed E-state index contributed by atoms with van der Waals surface area (Å²) in [6.07, 6.45) is 6.06. The monoisotopic (exact) mass is 531 g/mol. The quantitative estimate of drug-likeness (QED) is 0.313. The molecule has 1 N–H and O–H groups in total. The minimum atomic E-state index is -1.15. The van der Waals surface area contributed by atoms with Crippen LogP contribution in [0.2, 0.25) is 5.02 Å². The molecule has 1 aliphatic heterocycles. The van der Waals surface area contributed by atoms with Crippen LogP contribution in [0.3, 0.4) is 0 Å². The average Bonchev–Trinajstić information content (AvgIpc) is 3.52. The van der Waals surface area contributed by atoms with Crippen molar-refractivity contribution in [1.82, 2.24) is 14.8 Å². The van der Waals surface area contributed by atoms with E-state index in [9.17, 15) is 9.59 Å². The van der Waals surface area contributed by atoms with Crippen LogP contribution in [0.5, 0.6) is 0 Å². The van der Waals surface area contributed by atoms with E-state index in [0.717, 1.165) is 47.0 Å². The van der Waals surface area contributed by atoms with Gasteiger partial charge in [-0.05, 0) is 60.0 Å². The van der Waals surface area contributed by atoms with Gasteiger partial charge in [0.15, 0.2) is 5.54 Å². The number of aromatic nitrogens is 1. The van der Waals surface area contributed by atoms with Crippen molar-refractivity contribution in [1.29, 1.82) is 0 Å². The lowest BCUT2D eigenvalue weighted by Crippen LogP contribution is -2.64. The number of nitrogens with one attached hydrogen (secondary N) is 1. The van der Waals surface area contributed by atoms with Gasteiger partial charge in [0.25, 0.3) is 11.8 Å². The lowest BCUT2D eigenvalue weighted by Gasteiger charge is -2.47. The van der Waals surface area contributed by atoms with Gasteiger partial charge in [0.1, 0.15) is 5.69 Å². The summed E-state index contributed by atoms with van der Waals surface area (Å²) in [7, 11) is 0. The molecule has 1 saturated carbocycles. The lowest BCUT2D eigenvalue weighted by atomic mass is 9.83. The molecule has 0 bridgehead atoms. The maximum absolute atomic E-state index is 14.5. The maximum atomic E-state index is 14.5. The van der Waals surface area contributed by atoms with Crippen LogP contribution in [0, 0.1) is 0 Å². The molecule has 7 heteroatoms. The van der Waals surface area contributed by atoms with Crippen molar-refractivity contribution in [3.63, 3.8) is 0 Å². The molecule has 6 rings (SSSR count). The van der Waals surface area contributed by atoms with E-state index >= 15 is 0 Å². The van der Waals surface area contributed by atoms with Crippen molar-refractivity contribution in [2.45, 2.75) is 56.7 Å². The zero-order chi connectivity index (χ0) is 25.4. The molecule has 1 fully saturated rings. The summed E-state index contributed by atoms with van der Waals surface area (Å²) in [5, 5.41) is 6.11. The molecule has 0 spiro atoms. The second-order valence-electron chi connectivity index (χ2n) is 10.2. The molecule has 4 aromatic rings. The van der Waals surface area contributed by atoms with Gasteiger partial charge in [0.2, 0.25) is 0 Å². The molecular formula is C30H30ClN3O2S. The Bertz CT molecular complexity index is 1420. The topological polar surface area (TPSA) is 54.3 Å². The third-order valence-corrected chi connectivity index (χ3v) is 9.04. The number of fused-ring (bicyclic) bond motifs is 3. The van der Waals surface area contributed by atoms with Crippen LogP contribution in [0.25, 0.3) is 10.2 Å². The largest absolute Gasteiger partial charge is 0.351 e. The highest BCUT2D eigenvalue weighted by Gasteiger charge is 2.52. The van der Waals surface area contributed by atoms with Gasteiger partial charge in [-0.1, -0.05) is 73.3 Å². The number of hydrogen-bond donors (Lipinski definition) is 1. The van der Waals surface area contributed by atoms with Gasteiger partial charge in [-0.25, -0.2) is 0 Å². The molecule has 2 aliphatic rings. The molecule has 190 valence electrons. The number of carbonyl (C=O) groups excluding carboxylic acids is 2. The van der Waals surface area contributed by atoms with Crippen LogP contribution in [-0.2, 0) is 23.3 Å². The van der Waals surface area contributed by atoms with E-state index in [1.165, 1.54) is 6.42 Å². The third-order valence-electron chi connectivity index (χ3n) is 7.94. The molecule has 0 saturated heterocycles. The molecule has 0 unspecified atom stereocenters. The van der Waals surface area contributed by atoms with Gasteiger partial charge in [-0.2, -0.15) is 0 Å². The van der Waals surface area contributed by atoms with Crippen LogP contribution in [0.1, 0.15) is 53.7 Å². The first kappa shape index (κ1) is 24.3. The fraction of sp³-hybridized carbons (Fsp3) is 0.333. The number of hydrogen-bond acceptors (Lipinski definition) is 3. The van der Waals surface area contributed by atoms with Crippen LogP contribution in [0.15, 0.2) is 72.1 Å². The van der Waals surface area contributed by atoms with Crippen molar-refractivity contribution >= 4 is 45.0 Å². The van der Waals surface area contributed by atoms with E-state index in [-0.39, 0.29) is 17.9 Å². The summed E-state index contributed by atoms with van der Waals surface area (Å²) in [6.45, 7) is 0.809. The smallest absolute Gasteiger partial charge is 0.271 e. The first-order valence-corrected chi connectivity index (χ1v) is 14.3. The van der Waals surface area contributed by atoms with E-state index < -0.39 is 5.54 Å². The summed E-state index contributed by atoms with van der Waals surface area (Å²) in [6, 6.07) is 21.7. The average molecular weight is 532 g/mol. The highest BCUT2D eigenvalue weighted by atomic mass is 35.5. The normalized spacial score (nSPS) is 20.2. The third kappa shape index (κ3) is 4.36. The van der Waals surface area contributed by atoms with Gasteiger partial charge in [-0.3, -0.25) is 9.59 Å². The molecule has 3 heterocycles. The van der Waals surface area contributed by atoms with Crippen molar-refractivity contribution < 1.29 is 9.59 Å². The molecule has 2 aromatic heterocycles. The highest BCUT2D eigenvalue weighted by Crippen LogP contribution is 2.40. The Morgan fingerprint density at radius 3 is 2.54 bits per heavy atom. The van der Waals surface area contributed by atoms with Gasteiger partial charge < -0.3 is 14.8 Å². The van der Waals surface area contributed by atoms with Crippen molar-refractivity contribution in [2.24, 2.45) is 0 Å². The minimum absolute atomic E-state index is 0.0854. The second kappa shape index (κ2) is 9.99. The number of amides is 2. The predicted molar refractivity (Wildman–Crippen MR) is 149 cm³/mol. The molecule has 5 nitrogen and oxygen atoms in total. The van der Waals surface area contributed by atoms with E-state index in [4.69, 9.17) is 11.6 Å². The van der Waals surface area contributed by atoms with Gasteiger partial charge in [0.05, 0.1) is 16.8 Å². The summed E-state index contributed by atoms with van der Waals surface area (Å²) >= 11 is 7.73. The Hall–Kier alpha value is -3.09. The Morgan fingerprint density at radius 1 is 1.03 bits per heavy atom. The molecule has 2 amide bonds. The van der Waals surface area contributed by atoms with Crippen LogP contribution in [-0.4, -0.2) is 33.9 Å². The Morgan fingerprint density at radius 2 is 1.78 bits per heavy atom. The number of halogens is 1. The molecule has 0 radical (unpaired) electrons. The van der Waals surface area contributed by atoms with Gasteiger partial charge in [-0.15, -0.1) is 11.3 Å². The lowest BCUT2D eigenvalue weighted by molar-refractivity contribution is -0.135. The Kier molecular flexibility index (Phi) is 6.55. The maximum Gasteiger partial charge on any atom is 0.271 e. The number of thiophene rings is 1. The minimum Gasteiger partial charge on any atom is -0.351 e. The number of benzene rings is 2. The van der Waals surface area contributed by atoms with Crippen LogP contribution >= 0.6 is 22.9 Å². The number of nitrogens with zero attached hydrogens (tertiary/aromatic N) is 2. The first-order chi connectivity index (χ1) is 18.1. The Labute approximate surface area is 226 Å². The zero-order valence-corrected chi connectivity index (χ0v) is 22.2.